The van der Waals surface area contributed by atoms with Crippen LogP contribution in [0.25, 0.3) is 0 Å². The quantitative estimate of drug-likeness (QED) is 0.782. The highest BCUT2D eigenvalue weighted by atomic mass is 35.5. The number of aryl methyl sites for hydroxylation is 1. The van der Waals surface area contributed by atoms with Gasteiger partial charge in [-0.2, -0.15) is 0 Å². The van der Waals surface area contributed by atoms with Gasteiger partial charge >= 0.3 is 0 Å². The third kappa shape index (κ3) is 2.49. The van der Waals surface area contributed by atoms with Gasteiger partial charge < -0.3 is 4.90 Å². The van der Waals surface area contributed by atoms with Crippen LogP contribution < -0.4 is 4.90 Å². The largest absolute Gasteiger partial charge is 0.352 e. The molecule has 2 aromatic rings. The summed E-state index contributed by atoms with van der Waals surface area (Å²) in [4.78, 5) is 6.82. The highest BCUT2D eigenvalue weighted by molar-refractivity contribution is 5.85. The molecule has 0 bridgehead atoms. The van der Waals surface area contributed by atoms with Crippen LogP contribution in [0.15, 0.2) is 42.6 Å². The van der Waals surface area contributed by atoms with E-state index in [-0.39, 0.29) is 12.4 Å². The second-order valence-electron chi connectivity index (χ2n) is 4.63. The lowest BCUT2D eigenvalue weighted by atomic mass is 10.00. The van der Waals surface area contributed by atoms with Crippen molar-refractivity contribution in [2.45, 2.75) is 19.9 Å². The Bertz CT molecular complexity index is 540. The molecule has 0 radical (unpaired) electrons. The zero-order valence-electron chi connectivity index (χ0n) is 10.5. The average molecular weight is 261 g/mol. The SMILES string of the molecule is Cc1ccnc(N2CCc3ccccc3C2)c1.Cl. The Kier molecular flexibility index (Phi) is 3.87. The molecule has 94 valence electrons. The number of hydrogen-bond acceptors (Lipinski definition) is 2. The number of fused-ring (bicyclic) bond motifs is 1. The molecule has 1 aliphatic heterocycles. The van der Waals surface area contributed by atoms with E-state index in [1.807, 2.05) is 12.3 Å². The fraction of sp³-hybridized carbons (Fsp3) is 0.267. The highest BCUT2D eigenvalue weighted by Crippen LogP contribution is 2.23. The van der Waals surface area contributed by atoms with Crippen LogP contribution in [0.5, 0.6) is 0 Å². The third-order valence-electron chi connectivity index (χ3n) is 3.36. The first kappa shape index (κ1) is 12.9. The monoisotopic (exact) mass is 260 g/mol. The Labute approximate surface area is 114 Å². The third-order valence-corrected chi connectivity index (χ3v) is 3.36. The van der Waals surface area contributed by atoms with Crippen LogP contribution in [0.4, 0.5) is 5.82 Å². The fourth-order valence-corrected chi connectivity index (χ4v) is 2.38. The molecule has 0 amide bonds. The zero-order chi connectivity index (χ0) is 11.7. The van der Waals surface area contributed by atoms with Crippen molar-refractivity contribution in [1.29, 1.82) is 0 Å². The zero-order valence-corrected chi connectivity index (χ0v) is 11.3. The van der Waals surface area contributed by atoms with Crippen molar-refractivity contribution in [3.8, 4) is 0 Å². The van der Waals surface area contributed by atoms with E-state index in [1.54, 1.807) is 0 Å². The molecule has 2 heterocycles. The minimum absolute atomic E-state index is 0. The summed E-state index contributed by atoms with van der Waals surface area (Å²) in [5, 5.41) is 0. The number of benzene rings is 1. The Morgan fingerprint density at radius 1 is 1.11 bits per heavy atom. The number of nitrogens with zero attached hydrogens (tertiary/aromatic N) is 2. The first-order chi connectivity index (χ1) is 8.33. The van der Waals surface area contributed by atoms with Crippen molar-refractivity contribution in [2.24, 2.45) is 0 Å². The second kappa shape index (κ2) is 5.40. The molecule has 0 atom stereocenters. The maximum atomic E-state index is 4.46. The number of anilines is 1. The van der Waals surface area contributed by atoms with Crippen LogP contribution in [-0.4, -0.2) is 11.5 Å². The predicted molar refractivity (Wildman–Crippen MR) is 77.4 cm³/mol. The summed E-state index contributed by atoms with van der Waals surface area (Å²) in [6.45, 7) is 4.16. The molecule has 1 aromatic carbocycles. The number of pyridine rings is 1. The van der Waals surface area contributed by atoms with Gasteiger partial charge in [-0.25, -0.2) is 4.98 Å². The maximum absolute atomic E-state index is 4.46. The molecule has 1 aromatic heterocycles. The van der Waals surface area contributed by atoms with E-state index in [9.17, 15) is 0 Å². The van der Waals surface area contributed by atoms with Gasteiger partial charge in [0.15, 0.2) is 0 Å². The van der Waals surface area contributed by atoms with Gasteiger partial charge in [0.05, 0.1) is 0 Å². The smallest absolute Gasteiger partial charge is 0.129 e. The first-order valence-corrected chi connectivity index (χ1v) is 6.07. The molecule has 0 aliphatic carbocycles. The molecule has 3 heteroatoms. The highest BCUT2D eigenvalue weighted by Gasteiger charge is 2.16. The summed E-state index contributed by atoms with van der Waals surface area (Å²) in [7, 11) is 0. The maximum Gasteiger partial charge on any atom is 0.129 e. The molecule has 2 nitrogen and oxygen atoms in total. The lowest BCUT2D eigenvalue weighted by Gasteiger charge is -2.29. The van der Waals surface area contributed by atoms with Gasteiger partial charge in [-0.3, -0.25) is 0 Å². The molecule has 3 rings (SSSR count). The van der Waals surface area contributed by atoms with Crippen LogP contribution in [0, 0.1) is 6.92 Å². The van der Waals surface area contributed by atoms with Crippen molar-refractivity contribution < 1.29 is 0 Å². The number of halogens is 1. The summed E-state index contributed by atoms with van der Waals surface area (Å²) in [5.74, 6) is 1.10. The first-order valence-electron chi connectivity index (χ1n) is 6.07. The van der Waals surface area contributed by atoms with Crippen molar-refractivity contribution in [3.63, 3.8) is 0 Å². The van der Waals surface area contributed by atoms with Crippen LogP contribution in [0.2, 0.25) is 0 Å². The van der Waals surface area contributed by atoms with Gasteiger partial charge in [-0.05, 0) is 42.2 Å². The number of hydrogen-bond donors (Lipinski definition) is 0. The fourth-order valence-electron chi connectivity index (χ4n) is 2.38. The number of rotatable bonds is 1. The van der Waals surface area contributed by atoms with Crippen molar-refractivity contribution in [3.05, 3.63) is 59.3 Å². The molecule has 1 aliphatic rings. The second-order valence-corrected chi connectivity index (χ2v) is 4.63. The van der Waals surface area contributed by atoms with Crippen LogP contribution in [0.1, 0.15) is 16.7 Å². The summed E-state index contributed by atoms with van der Waals surface area (Å²) in [5.41, 5.74) is 4.19. The summed E-state index contributed by atoms with van der Waals surface area (Å²) < 4.78 is 0. The summed E-state index contributed by atoms with van der Waals surface area (Å²) in [6.07, 6.45) is 3.01. The average Bonchev–Trinajstić information content (AvgIpc) is 2.38. The molecule has 0 spiro atoms. The molecule has 18 heavy (non-hydrogen) atoms. The van der Waals surface area contributed by atoms with E-state index in [4.69, 9.17) is 0 Å². The van der Waals surface area contributed by atoms with Crippen LogP contribution in [-0.2, 0) is 13.0 Å². The predicted octanol–water partition coefficient (Wildman–Crippen LogP) is 3.37. The molecule has 0 saturated carbocycles. The Balaban J connectivity index is 0.00000120. The number of aromatic nitrogens is 1. The van der Waals surface area contributed by atoms with Crippen molar-refractivity contribution in [1.82, 2.24) is 4.98 Å². The molecule has 0 N–H and O–H groups in total. The Morgan fingerprint density at radius 2 is 1.89 bits per heavy atom. The van der Waals surface area contributed by atoms with E-state index in [0.717, 1.165) is 25.3 Å². The van der Waals surface area contributed by atoms with Gasteiger partial charge in [0.2, 0.25) is 0 Å². The molecular formula is C15H17ClN2. The summed E-state index contributed by atoms with van der Waals surface area (Å²) in [6, 6.07) is 12.9. The molecule has 0 fully saturated rings. The topological polar surface area (TPSA) is 16.1 Å². The van der Waals surface area contributed by atoms with E-state index >= 15 is 0 Å². The standard InChI is InChI=1S/C15H16N2.ClH/c1-12-6-8-16-15(10-12)17-9-7-13-4-2-3-5-14(13)11-17;/h2-6,8,10H,7,9,11H2,1H3;1H. The van der Waals surface area contributed by atoms with Crippen LogP contribution >= 0.6 is 12.4 Å². The van der Waals surface area contributed by atoms with Gasteiger partial charge in [-0.1, -0.05) is 24.3 Å². The Morgan fingerprint density at radius 3 is 2.67 bits per heavy atom. The normalized spacial score (nSPS) is 13.7. The molecule has 0 unspecified atom stereocenters. The van der Waals surface area contributed by atoms with E-state index in [0.29, 0.717) is 0 Å². The molecular weight excluding hydrogens is 244 g/mol. The van der Waals surface area contributed by atoms with Crippen LogP contribution in [0.3, 0.4) is 0 Å². The van der Waals surface area contributed by atoms with E-state index < -0.39 is 0 Å². The van der Waals surface area contributed by atoms with Crippen molar-refractivity contribution in [2.75, 3.05) is 11.4 Å². The summed E-state index contributed by atoms with van der Waals surface area (Å²) >= 11 is 0. The van der Waals surface area contributed by atoms with E-state index in [2.05, 4.69) is 47.1 Å². The minimum Gasteiger partial charge on any atom is -0.352 e. The van der Waals surface area contributed by atoms with E-state index in [1.165, 1.54) is 16.7 Å². The van der Waals surface area contributed by atoms with Crippen molar-refractivity contribution >= 4 is 18.2 Å². The lowest BCUT2D eigenvalue weighted by Crippen LogP contribution is -2.30. The van der Waals surface area contributed by atoms with Gasteiger partial charge in [0.25, 0.3) is 0 Å². The minimum atomic E-state index is 0. The Hall–Kier alpha value is -1.54. The van der Waals surface area contributed by atoms with Gasteiger partial charge in [-0.15, -0.1) is 12.4 Å². The molecule has 0 saturated heterocycles. The van der Waals surface area contributed by atoms with Gasteiger partial charge in [0, 0.05) is 19.3 Å². The van der Waals surface area contributed by atoms with Gasteiger partial charge in [0.1, 0.15) is 5.82 Å². The lowest BCUT2D eigenvalue weighted by molar-refractivity contribution is 0.720.